The van der Waals surface area contributed by atoms with E-state index in [4.69, 9.17) is 15.0 Å². The average molecular weight is 831 g/mol. The number of benzene rings is 9. The highest BCUT2D eigenvalue weighted by molar-refractivity contribution is 6.00. The van der Waals surface area contributed by atoms with Crippen molar-refractivity contribution in [3.05, 3.63) is 264 Å². The van der Waals surface area contributed by atoms with Crippen molar-refractivity contribution in [2.24, 2.45) is 0 Å². The number of rotatable bonds is 8. The van der Waals surface area contributed by atoms with Crippen LogP contribution in [0.5, 0.6) is 0 Å². The lowest BCUT2D eigenvalue weighted by molar-refractivity contribution is 0.794. The molecule has 4 heteroatoms. The molecule has 9 aromatic carbocycles. The van der Waals surface area contributed by atoms with Crippen molar-refractivity contribution >= 4 is 17.1 Å². The van der Waals surface area contributed by atoms with Crippen LogP contribution in [-0.2, 0) is 5.41 Å². The van der Waals surface area contributed by atoms with Crippen LogP contribution in [0.1, 0.15) is 33.4 Å². The molecule has 0 saturated heterocycles. The number of aromatic nitrogens is 3. The van der Waals surface area contributed by atoms with Crippen molar-refractivity contribution in [3.63, 3.8) is 0 Å². The van der Waals surface area contributed by atoms with Crippen LogP contribution in [0.2, 0.25) is 0 Å². The smallest absolute Gasteiger partial charge is 0.164 e. The topological polar surface area (TPSA) is 41.9 Å². The second kappa shape index (κ2) is 15.4. The summed E-state index contributed by atoms with van der Waals surface area (Å²) in [6.07, 6.45) is 0. The quantitative estimate of drug-likeness (QED) is 0.153. The minimum atomic E-state index is -0.395. The normalized spacial score (nSPS) is 12.6. The standard InChI is InChI=1S/C61H42N4/c1-40-19-9-16-34-56(40)65(47-24-7-4-8-25-47)41(2)45-22-17-23-46(39-45)60-63-58(43-20-5-3-6-21-43)62-59(64-60)44-37-35-42(36-38-44)48-29-18-33-55-57(48)51-28-12-15-32-54(51)61(55)52-30-13-10-26-49(52)50-27-11-14-31-53(50)61/h3-39H,2H2,1H3. The van der Waals surface area contributed by atoms with Crippen LogP contribution in [0.25, 0.3) is 73.2 Å². The van der Waals surface area contributed by atoms with Gasteiger partial charge in [0.2, 0.25) is 0 Å². The van der Waals surface area contributed by atoms with Crippen LogP contribution in [0.3, 0.4) is 0 Å². The fraction of sp³-hybridized carbons (Fsp3) is 0.0328. The zero-order valence-electron chi connectivity index (χ0n) is 35.9. The highest BCUT2D eigenvalue weighted by Gasteiger charge is 2.51. The van der Waals surface area contributed by atoms with Gasteiger partial charge in [-0.15, -0.1) is 0 Å². The van der Waals surface area contributed by atoms with Gasteiger partial charge in [-0.05, 0) is 98.0 Å². The minimum absolute atomic E-state index is 0.395. The van der Waals surface area contributed by atoms with Crippen molar-refractivity contribution in [2.45, 2.75) is 12.3 Å². The molecule has 306 valence electrons. The molecule has 1 aromatic heterocycles. The Bertz CT molecular complexity index is 3420. The average Bonchev–Trinajstić information content (AvgIpc) is 3.85. The Labute approximate surface area is 379 Å². The Morgan fingerprint density at radius 1 is 0.400 bits per heavy atom. The lowest BCUT2D eigenvalue weighted by atomic mass is 9.70. The van der Waals surface area contributed by atoms with E-state index in [9.17, 15) is 0 Å². The fourth-order valence-corrected chi connectivity index (χ4v) is 10.3. The Hall–Kier alpha value is -8.47. The van der Waals surface area contributed by atoms with Gasteiger partial charge in [0.1, 0.15) is 0 Å². The summed E-state index contributed by atoms with van der Waals surface area (Å²) in [5.41, 5.74) is 20.2. The molecule has 0 radical (unpaired) electrons. The molecule has 0 bridgehead atoms. The highest BCUT2D eigenvalue weighted by atomic mass is 15.1. The van der Waals surface area contributed by atoms with E-state index in [1.54, 1.807) is 0 Å². The predicted octanol–water partition coefficient (Wildman–Crippen LogP) is 15.0. The second-order valence-corrected chi connectivity index (χ2v) is 16.8. The van der Waals surface area contributed by atoms with E-state index in [0.717, 1.165) is 50.5 Å². The van der Waals surface area contributed by atoms with Crippen molar-refractivity contribution in [2.75, 3.05) is 4.90 Å². The van der Waals surface area contributed by atoms with Crippen molar-refractivity contribution in [3.8, 4) is 67.5 Å². The van der Waals surface area contributed by atoms with E-state index >= 15 is 0 Å². The SMILES string of the molecule is C=C(c1cccc(-c2nc(-c3ccccc3)nc(-c3ccc(-c4cccc5c4-c4ccccc4C54c5ccccc5-c5ccccc54)cc3)n2)c1)N(c1ccccc1)c1ccccc1C. The first kappa shape index (κ1) is 38.2. The van der Waals surface area contributed by atoms with Gasteiger partial charge in [0, 0.05) is 33.8 Å². The molecule has 0 aliphatic heterocycles. The van der Waals surface area contributed by atoms with Gasteiger partial charge in [-0.25, -0.2) is 15.0 Å². The Morgan fingerprint density at radius 2 is 0.862 bits per heavy atom. The molecular weight excluding hydrogens is 789 g/mol. The first-order chi connectivity index (χ1) is 32.1. The number of anilines is 2. The summed E-state index contributed by atoms with van der Waals surface area (Å²) in [7, 11) is 0. The van der Waals surface area contributed by atoms with Crippen LogP contribution < -0.4 is 4.90 Å². The van der Waals surface area contributed by atoms with Gasteiger partial charge in [0.15, 0.2) is 17.5 Å². The molecule has 0 atom stereocenters. The predicted molar refractivity (Wildman–Crippen MR) is 267 cm³/mol. The minimum Gasteiger partial charge on any atom is -0.310 e. The number of hydrogen-bond donors (Lipinski definition) is 0. The fourth-order valence-electron chi connectivity index (χ4n) is 10.3. The molecule has 0 N–H and O–H groups in total. The second-order valence-electron chi connectivity index (χ2n) is 16.8. The van der Waals surface area contributed by atoms with Gasteiger partial charge in [0.25, 0.3) is 0 Å². The maximum atomic E-state index is 5.19. The van der Waals surface area contributed by atoms with Crippen molar-refractivity contribution < 1.29 is 0 Å². The first-order valence-electron chi connectivity index (χ1n) is 22.1. The van der Waals surface area contributed by atoms with Gasteiger partial charge in [0.05, 0.1) is 5.41 Å². The van der Waals surface area contributed by atoms with Gasteiger partial charge in [-0.1, -0.05) is 207 Å². The van der Waals surface area contributed by atoms with E-state index in [-0.39, 0.29) is 0 Å². The first-order valence-corrected chi connectivity index (χ1v) is 22.1. The molecule has 0 unspecified atom stereocenters. The maximum absolute atomic E-state index is 5.19. The monoisotopic (exact) mass is 830 g/mol. The Kier molecular flexibility index (Phi) is 9.06. The van der Waals surface area contributed by atoms with Crippen LogP contribution in [-0.4, -0.2) is 15.0 Å². The zero-order chi connectivity index (χ0) is 43.5. The summed E-state index contributed by atoms with van der Waals surface area (Å²) < 4.78 is 0. The molecule has 0 saturated carbocycles. The lowest BCUT2D eigenvalue weighted by Crippen LogP contribution is -2.25. The number of hydrogen-bond acceptors (Lipinski definition) is 4. The summed E-state index contributed by atoms with van der Waals surface area (Å²) >= 11 is 0. The molecule has 12 rings (SSSR count). The highest BCUT2D eigenvalue weighted by Crippen LogP contribution is 2.64. The van der Waals surface area contributed by atoms with E-state index < -0.39 is 5.41 Å². The zero-order valence-corrected chi connectivity index (χ0v) is 35.9. The summed E-state index contributed by atoms with van der Waals surface area (Å²) in [5.74, 6) is 1.82. The molecule has 2 aliphatic carbocycles. The van der Waals surface area contributed by atoms with Crippen molar-refractivity contribution in [1.29, 1.82) is 0 Å². The summed E-state index contributed by atoms with van der Waals surface area (Å²) in [5, 5.41) is 0. The largest absolute Gasteiger partial charge is 0.310 e. The lowest BCUT2D eigenvalue weighted by Gasteiger charge is -2.30. The van der Waals surface area contributed by atoms with Gasteiger partial charge < -0.3 is 4.90 Å². The molecule has 0 fully saturated rings. The van der Waals surface area contributed by atoms with Crippen molar-refractivity contribution in [1.82, 2.24) is 15.0 Å². The Balaban J connectivity index is 0.953. The summed E-state index contributed by atoms with van der Waals surface area (Å²) in [6.45, 7) is 6.80. The van der Waals surface area contributed by atoms with Gasteiger partial charge in [-0.3, -0.25) is 0 Å². The van der Waals surface area contributed by atoms with Crippen LogP contribution in [0, 0.1) is 6.92 Å². The number of fused-ring (bicyclic) bond motifs is 10. The summed E-state index contributed by atoms with van der Waals surface area (Å²) in [6, 6.07) is 79.8. The third-order valence-electron chi connectivity index (χ3n) is 13.2. The van der Waals surface area contributed by atoms with Gasteiger partial charge in [-0.2, -0.15) is 0 Å². The molecule has 4 nitrogen and oxygen atoms in total. The van der Waals surface area contributed by atoms with Crippen LogP contribution >= 0.6 is 0 Å². The third-order valence-corrected chi connectivity index (χ3v) is 13.2. The molecule has 2 aliphatic rings. The Morgan fingerprint density at radius 3 is 1.52 bits per heavy atom. The molecular formula is C61H42N4. The van der Waals surface area contributed by atoms with E-state index in [1.807, 2.05) is 36.4 Å². The van der Waals surface area contributed by atoms with Crippen LogP contribution in [0.15, 0.2) is 231 Å². The molecule has 1 spiro atoms. The molecule has 10 aromatic rings. The third kappa shape index (κ3) is 6.10. The molecule has 65 heavy (non-hydrogen) atoms. The molecule has 0 amide bonds. The van der Waals surface area contributed by atoms with E-state index in [1.165, 1.54) is 50.1 Å². The van der Waals surface area contributed by atoms with Crippen LogP contribution in [0.4, 0.5) is 11.4 Å². The van der Waals surface area contributed by atoms with Gasteiger partial charge >= 0.3 is 0 Å². The molecule has 1 heterocycles. The van der Waals surface area contributed by atoms with E-state index in [2.05, 4.69) is 206 Å². The maximum Gasteiger partial charge on any atom is 0.164 e. The number of aryl methyl sites for hydroxylation is 1. The number of para-hydroxylation sites is 2. The number of nitrogens with zero attached hydrogens (tertiary/aromatic N) is 4. The van der Waals surface area contributed by atoms with E-state index in [0.29, 0.717) is 17.5 Å². The summed E-state index contributed by atoms with van der Waals surface area (Å²) in [4.78, 5) is 17.6.